The van der Waals surface area contributed by atoms with Crippen LogP contribution in [0.25, 0.3) is 0 Å². The van der Waals surface area contributed by atoms with Gasteiger partial charge < -0.3 is 4.43 Å². The topological polar surface area (TPSA) is 9.23 Å². The molecule has 23 heavy (non-hydrogen) atoms. The Morgan fingerprint density at radius 1 is 1.13 bits per heavy atom. The average Bonchev–Trinajstić information content (AvgIpc) is 2.54. The van der Waals surface area contributed by atoms with Crippen molar-refractivity contribution >= 4 is 9.04 Å². The van der Waals surface area contributed by atoms with Gasteiger partial charge in [0, 0.05) is 6.61 Å². The van der Waals surface area contributed by atoms with Crippen LogP contribution in [0.3, 0.4) is 0 Å². The van der Waals surface area contributed by atoms with E-state index in [2.05, 4.69) is 52.4 Å². The third-order valence-electron chi connectivity index (χ3n) is 4.76. The highest BCUT2D eigenvalue weighted by atomic mass is 28.3. The quantitative estimate of drug-likeness (QED) is 0.432. The summed E-state index contributed by atoms with van der Waals surface area (Å²) in [5, 5.41) is 0. The van der Waals surface area contributed by atoms with E-state index in [0.29, 0.717) is 5.92 Å². The van der Waals surface area contributed by atoms with Gasteiger partial charge in [-0.1, -0.05) is 64.7 Å². The lowest BCUT2D eigenvalue weighted by Crippen LogP contribution is -2.18. The highest BCUT2D eigenvalue weighted by Crippen LogP contribution is 2.24. The first-order chi connectivity index (χ1) is 11.1. The molecule has 0 N–H and O–H groups in total. The third-order valence-corrected chi connectivity index (χ3v) is 6.78. The Labute approximate surface area is 146 Å². The normalized spacial score (nSPS) is 17.7. The summed E-state index contributed by atoms with van der Waals surface area (Å²) in [6, 6.07) is 8.15. The minimum atomic E-state index is -0.595. The Balaban J connectivity index is 0.000000313. The van der Waals surface area contributed by atoms with Gasteiger partial charge in [-0.2, -0.15) is 0 Å². The predicted molar refractivity (Wildman–Crippen MR) is 106 cm³/mol. The van der Waals surface area contributed by atoms with Gasteiger partial charge >= 0.3 is 0 Å². The van der Waals surface area contributed by atoms with Crippen LogP contribution in [0.4, 0.5) is 0 Å². The van der Waals surface area contributed by atoms with Crippen LogP contribution in [0.2, 0.25) is 12.6 Å². The second-order valence-corrected chi connectivity index (χ2v) is 9.82. The average molecular weight is 335 g/mol. The summed E-state index contributed by atoms with van der Waals surface area (Å²) < 4.78 is 5.42. The molecule has 1 aliphatic heterocycles. The monoisotopic (exact) mass is 334 g/mol. The fourth-order valence-electron chi connectivity index (χ4n) is 3.24. The molecular formula is C21H38OSi. The highest BCUT2D eigenvalue weighted by Gasteiger charge is 2.09. The lowest BCUT2D eigenvalue weighted by molar-refractivity contribution is 0.291. The molecule has 1 unspecified atom stereocenters. The van der Waals surface area contributed by atoms with E-state index >= 15 is 0 Å². The maximum Gasteiger partial charge on any atom is 0.173 e. The zero-order chi connectivity index (χ0) is 17.1. The smallest absolute Gasteiger partial charge is 0.173 e. The molecule has 0 aliphatic carbocycles. The van der Waals surface area contributed by atoms with E-state index in [1.165, 1.54) is 56.6 Å². The van der Waals surface area contributed by atoms with Crippen molar-refractivity contribution < 1.29 is 4.43 Å². The van der Waals surface area contributed by atoms with Gasteiger partial charge in [-0.15, -0.1) is 0 Å². The van der Waals surface area contributed by atoms with Gasteiger partial charge in [0.25, 0.3) is 0 Å². The fourth-order valence-corrected chi connectivity index (χ4v) is 4.84. The summed E-state index contributed by atoms with van der Waals surface area (Å²) in [6.45, 7) is 12.4. The molecule has 132 valence electrons. The number of benzene rings is 1. The van der Waals surface area contributed by atoms with Gasteiger partial charge in [0.2, 0.25) is 0 Å². The number of aryl methyl sites for hydroxylation is 1. The van der Waals surface area contributed by atoms with Gasteiger partial charge in [0.05, 0.1) is 0 Å². The Kier molecular flexibility index (Phi) is 10.5. The van der Waals surface area contributed by atoms with E-state index in [0.717, 1.165) is 6.61 Å². The first kappa shape index (κ1) is 20.4. The zero-order valence-electron chi connectivity index (χ0n) is 16.2. The summed E-state index contributed by atoms with van der Waals surface area (Å²) >= 11 is 0. The Hall–Kier alpha value is -0.603. The van der Waals surface area contributed by atoms with Crippen LogP contribution in [-0.4, -0.2) is 15.6 Å². The molecule has 1 aromatic rings. The predicted octanol–water partition coefficient (Wildman–Crippen LogP) is 6.39. The first-order valence-electron chi connectivity index (χ1n) is 9.76. The van der Waals surface area contributed by atoms with Gasteiger partial charge in [-0.3, -0.25) is 0 Å². The zero-order valence-corrected chi connectivity index (χ0v) is 17.3. The van der Waals surface area contributed by atoms with Crippen LogP contribution in [0, 0.1) is 6.92 Å². The van der Waals surface area contributed by atoms with Gasteiger partial charge in [0.1, 0.15) is 0 Å². The molecule has 1 atom stereocenters. The summed E-state index contributed by atoms with van der Waals surface area (Å²) in [6.07, 6.45) is 9.42. The Bertz CT molecular complexity index is 422. The van der Waals surface area contributed by atoms with E-state index in [1.54, 1.807) is 11.1 Å². The van der Waals surface area contributed by atoms with Crippen molar-refractivity contribution in [1.82, 2.24) is 0 Å². The molecule has 2 rings (SSSR count). The minimum Gasteiger partial charge on any atom is -0.420 e. The van der Waals surface area contributed by atoms with Crippen molar-refractivity contribution in [3.8, 4) is 0 Å². The highest BCUT2D eigenvalue weighted by molar-refractivity contribution is 6.50. The van der Waals surface area contributed by atoms with Crippen molar-refractivity contribution in [3.63, 3.8) is 0 Å². The third kappa shape index (κ3) is 8.17. The van der Waals surface area contributed by atoms with Crippen LogP contribution in [0.5, 0.6) is 0 Å². The van der Waals surface area contributed by atoms with E-state index in [1.807, 2.05) is 0 Å². The number of unbranched alkanes of at least 4 members (excludes halogenated alkanes) is 3. The minimum absolute atomic E-state index is 0.595. The molecule has 1 nitrogen and oxygen atoms in total. The maximum atomic E-state index is 5.42. The standard InChI is InChI=1S/C16H26.C5H12OSi/c1-5-6-7-8-11-16-14(4)10-9-12-15(16)13(2)3;1-7-5-3-2-4-6-7/h9-10,12-13H,5-8,11H2,1-4H3;7H,2-5H2,1H3. The van der Waals surface area contributed by atoms with Gasteiger partial charge in [-0.05, 0) is 61.4 Å². The molecular weight excluding hydrogens is 296 g/mol. The molecule has 0 amide bonds. The SMILES string of the molecule is CCCCCCc1c(C)cccc1C(C)C.C[SiH]1CCCCO1. The van der Waals surface area contributed by atoms with Crippen molar-refractivity contribution in [3.05, 3.63) is 34.9 Å². The molecule has 0 saturated carbocycles. The van der Waals surface area contributed by atoms with Crippen molar-refractivity contribution in [2.75, 3.05) is 6.61 Å². The summed E-state index contributed by atoms with van der Waals surface area (Å²) in [5.74, 6) is 0.654. The van der Waals surface area contributed by atoms with Crippen molar-refractivity contribution in [2.24, 2.45) is 0 Å². The van der Waals surface area contributed by atoms with Crippen LogP contribution in [0.1, 0.15) is 81.9 Å². The van der Waals surface area contributed by atoms with Crippen molar-refractivity contribution in [2.45, 2.75) is 91.1 Å². The molecule has 2 heteroatoms. The molecule has 0 bridgehead atoms. The summed E-state index contributed by atoms with van der Waals surface area (Å²) in [5.41, 5.74) is 4.63. The molecule has 1 heterocycles. The number of rotatable bonds is 6. The van der Waals surface area contributed by atoms with Crippen LogP contribution in [0.15, 0.2) is 18.2 Å². The fraction of sp³-hybridized carbons (Fsp3) is 0.714. The van der Waals surface area contributed by atoms with Crippen molar-refractivity contribution in [1.29, 1.82) is 0 Å². The van der Waals surface area contributed by atoms with E-state index < -0.39 is 9.04 Å². The maximum absolute atomic E-state index is 5.42. The lowest BCUT2D eigenvalue weighted by atomic mass is 9.90. The molecule has 1 fully saturated rings. The van der Waals surface area contributed by atoms with Crippen LogP contribution in [-0.2, 0) is 10.8 Å². The second kappa shape index (κ2) is 11.9. The Morgan fingerprint density at radius 2 is 1.91 bits per heavy atom. The largest absolute Gasteiger partial charge is 0.420 e. The molecule has 1 aliphatic rings. The van der Waals surface area contributed by atoms with Crippen LogP contribution < -0.4 is 0 Å². The Morgan fingerprint density at radius 3 is 2.43 bits per heavy atom. The molecule has 0 aromatic heterocycles. The second-order valence-electron chi connectivity index (χ2n) is 7.29. The van der Waals surface area contributed by atoms with E-state index in [4.69, 9.17) is 4.43 Å². The summed E-state index contributed by atoms with van der Waals surface area (Å²) in [7, 11) is -0.595. The van der Waals surface area contributed by atoms with Gasteiger partial charge in [-0.25, -0.2) is 0 Å². The molecule has 1 saturated heterocycles. The van der Waals surface area contributed by atoms with Crippen LogP contribution >= 0.6 is 0 Å². The van der Waals surface area contributed by atoms with Gasteiger partial charge in [0.15, 0.2) is 9.04 Å². The summed E-state index contributed by atoms with van der Waals surface area (Å²) in [4.78, 5) is 0. The van der Waals surface area contributed by atoms with E-state index in [9.17, 15) is 0 Å². The number of hydrogen-bond acceptors (Lipinski definition) is 1. The molecule has 0 spiro atoms. The lowest BCUT2D eigenvalue weighted by Gasteiger charge is -2.16. The number of hydrogen-bond donors (Lipinski definition) is 0. The van der Waals surface area contributed by atoms with E-state index in [-0.39, 0.29) is 0 Å². The molecule has 0 radical (unpaired) electrons. The molecule has 1 aromatic carbocycles. The first-order valence-corrected chi connectivity index (χ1v) is 12.2.